The van der Waals surface area contributed by atoms with Gasteiger partial charge in [-0.3, -0.25) is 4.55 Å². The Labute approximate surface area is 520 Å². The molecule has 0 amide bonds. The minimum atomic E-state index is -4.47. The van der Waals surface area contributed by atoms with E-state index in [0.29, 0.717) is 76.2 Å². The summed E-state index contributed by atoms with van der Waals surface area (Å²) in [6.07, 6.45) is -7.92. The predicted octanol–water partition coefficient (Wildman–Crippen LogP) is 1.21. The number of rotatable bonds is 46. The summed E-state index contributed by atoms with van der Waals surface area (Å²) in [5, 5.41) is 195. The lowest BCUT2D eigenvalue weighted by atomic mass is 9.85. The monoisotopic (exact) mass is 1280 g/mol. The van der Waals surface area contributed by atoms with Gasteiger partial charge < -0.3 is 101 Å². The van der Waals surface area contributed by atoms with Crippen molar-refractivity contribution in [1.29, 1.82) is 0 Å². The second-order valence-electron chi connectivity index (χ2n) is 24.3. The molecule has 88 heavy (non-hydrogen) atoms. The van der Waals surface area contributed by atoms with E-state index in [1.54, 1.807) is 26.8 Å². The van der Waals surface area contributed by atoms with Crippen LogP contribution in [0.4, 0.5) is 0 Å². The number of hydrogen-bond donors (Lipinski definition) is 19. The maximum absolute atomic E-state index is 11.2. The van der Waals surface area contributed by atoms with Gasteiger partial charge in [0.05, 0.1) is 79.9 Å². The van der Waals surface area contributed by atoms with Gasteiger partial charge in [-0.1, -0.05) is 99.6 Å². The summed E-state index contributed by atoms with van der Waals surface area (Å²) in [5.74, 6) is -1.16. The van der Waals surface area contributed by atoms with E-state index in [0.717, 1.165) is 12.8 Å². The molecular weight excluding hydrogens is 1170 g/mol. The number of unbranched alkanes of at least 4 members (excludes halogenated alkanes) is 4. The molecule has 0 aromatic carbocycles. The highest BCUT2D eigenvalue weighted by Crippen LogP contribution is 2.32. The van der Waals surface area contributed by atoms with Gasteiger partial charge in [0, 0.05) is 19.3 Å². The summed E-state index contributed by atoms with van der Waals surface area (Å²) in [4.78, 5) is 0. The van der Waals surface area contributed by atoms with Crippen molar-refractivity contribution < 1.29 is 119 Å². The van der Waals surface area contributed by atoms with E-state index in [-0.39, 0.29) is 63.5 Å². The molecule has 24 nitrogen and oxygen atoms in total. The number of hydrogen-bond acceptors (Lipinski definition) is 23. The van der Waals surface area contributed by atoms with Gasteiger partial charge in [0.1, 0.15) is 61.0 Å². The zero-order chi connectivity index (χ0) is 66.3. The molecule has 2 heterocycles. The molecule has 6 unspecified atom stereocenters. The molecule has 2 aliphatic rings. The van der Waals surface area contributed by atoms with Gasteiger partial charge in [0.2, 0.25) is 0 Å². The van der Waals surface area contributed by atoms with E-state index in [2.05, 4.69) is 17.3 Å². The van der Waals surface area contributed by atoms with Crippen LogP contribution in [-0.4, -0.2) is 246 Å². The molecule has 0 bridgehead atoms. The first kappa shape index (κ1) is 81.3. The zero-order valence-electron chi connectivity index (χ0n) is 51.5. The summed E-state index contributed by atoms with van der Waals surface area (Å²) in [5.41, 5.74) is 0.466. The van der Waals surface area contributed by atoms with Crippen LogP contribution in [0.1, 0.15) is 156 Å². The van der Waals surface area contributed by atoms with Crippen LogP contribution in [0.2, 0.25) is 0 Å². The first-order valence-corrected chi connectivity index (χ1v) is 32.6. The van der Waals surface area contributed by atoms with Crippen LogP contribution in [0.15, 0.2) is 85.1 Å². The van der Waals surface area contributed by atoms with E-state index in [1.807, 2.05) is 42.5 Å². The van der Waals surface area contributed by atoms with Crippen LogP contribution in [0.25, 0.3) is 0 Å². The molecule has 2 fully saturated rings. The van der Waals surface area contributed by atoms with Gasteiger partial charge in [-0.05, 0) is 127 Å². The summed E-state index contributed by atoms with van der Waals surface area (Å²) < 4.78 is 45.6. The Morgan fingerprint density at radius 3 is 1.69 bits per heavy atom. The van der Waals surface area contributed by atoms with Crippen LogP contribution in [0.3, 0.4) is 0 Å². The maximum atomic E-state index is 11.2. The smallest absolute Gasteiger partial charge is 0.393 e. The van der Waals surface area contributed by atoms with Crippen molar-refractivity contribution in [3.8, 4) is 0 Å². The second kappa shape index (κ2) is 43.2. The highest BCUT2D eigenvalue weighted by atomic mass is 32.3. The first-order chi connectivity index (χ1) is 41.4. The standard InChI is InChI=1S/C63H110O24S/c1-6-7-8-9-10-11-12-13-14-15-16-19-25-46(68)57(77)62-60(80)51(73)37-53(87-62)61(81)56(76)40(4)28-31-45(67)52-36-50(72)59(79)63(86-52)58(78)47(69)33-38(2)26-29-44(66)35-49(71)55(75)41(5)34-48(70)54(74)39(3)27-30-43(65)24-21-23-42(64)22-18-17-20-32-85-88(82,83)84/h6,9-14,19,25,33,39,41-81H,1,4,7-8,15-18,20-24,26-32,34-37H2,2-3,5H3,(H,82,83,84)/b10-9+,12-11+,14-13+,25-19+,38-33+/t39?,41-,42?,43?,44-,45+,46+,47+,48-,49-,50+,51+,52?,53+,54?,55+,56+,57-,58-,59+,60+,61-,62?,63-/m0/s1. The van der Waals surface area contributed by atoms with Crippen LogP contribution in [0, 0.1) is 11.8 Å². The van der Waals surface area contributed by atoms with E-state index in [9.17, 15) is 100 Å². The predicted molar refractivity (Wildman–Crippen MR) is 328 cm³/mol. The Hall–Kier alpha value is -2.75. The average molecular weight is 1280 g/mol. The number of aliphatic hydroxyl groups excluding tert-OH is 18. The largest absolute Gasteiger partial charge is 0.397 e. The lowest BCUT2D eigenvalue weighted by molar-refractivity contribution is -0.234. The van der Waals surface area contributed by atoms with E-state index >= 15 is 0 Å². The zero-order valence-corrected chi connectivity index (χ0v) is 52.4. The third-order valence-corrected chi connectivity index (χ3v) is 17.1. The van der Waals surface area contributed by atoms with Crippen molar-refractivity contribution in [3.63, 3.8) is 0 Å². The van der Waals surface area contributed by atoms with Gasteiger partial charge >= 0.3 is 10.4 Å². The fourth-order valence-corrected chi connectivity index (χ4v) is 11.1. The lowest BCUT2D eigenvalue weighted by Crippen LogP contribution is -2.59. The molecule has 0 aliphatic carbocycles. The Kier molecular flexibility index (Phi) is 39.9. The molecule has 2 saturated heterocycles. The molecule has 25 heteroatoms. The molecule has 0 saturated carbocycles. The van der Waals surface area contributed by atoms with E-state index in [4.69, 9.17) is 14.0 Å². The van der Waals surface area contributed by atoms with Crippen LogP contribution in [-0.2, 0) is 24.1 Å². The highest BCUT2D eigenvalue weighted by molar-refractivity contribution is 7.80. The van der Waals surface area contributed by atoms with E-state index < -0.39 is 157 Å². The molecule has 512 valence electrons. The van der Waals surface area contributed by atoms with Gasteiger partial charge in [0.15, 0.2) is 0 Å². The quantitative estimate of drug-likeness (QED) is 0.0176. The van der Waals surface area contributed by atoms with Crippen LogP contribution >= 0.6 is 0 Å². The molecule has 2 rings (SSSR count). The minimum absolute atomic E-state index is 0.00132. The molecule has 0 radical (unpaired) electrons. The van der Waals surface area contributed by atoms with Gasteiger partial charge in [-0.15, -0.1) is 6.58 Å². The van der Waals surface area contributed by atoms with Gasteiger partial charge in [-0.25, -0.2) is 4.18 Å². The van der Waals surface area contributed by atoms with Crippen LogP contribution < -0.4 is 0 Å². The van der Waals surface area contributed by atoms with Crippen LogP contribution in [0.5, 0.6) is 0 Å². The summed E-state index contributed by atoms with van der Waals surface area (Å²) in [6, 6.07) is 0. The minimum Gasteiger partial charge on any atom is -0.393 e. The van der Waals surface area contributed by atoms with Crippen molar-refractivity contribution in [2.75, 3.05) is 6.61 Å². The number of aliphatic hydroxyl groups is 18. The molecule has 19 N–H and O–H groups in total. The van der Waals surface area contributed by atoms with Crippen molar-refractivity contribution in [1.82, 2.24) is 0 Å². The Bertz CT molecular complexity index is 2180. The maximum Gasteiger partial charge on any atom is 0.397 e. The molecule has 0 spiro atoms. The molecule has 0 aromatic rings. The number of allylic oxidation sites excluding steroid dienone is 9. The van der Waals surface area contributed by atoms with Gasteiger partial charge in [0.25, 0.3) is 0 Å². The molecule has 0 aromatic heterocycles. The average Bonchev–Trinajstić information content (AvgIpc) is 1.05. The summed E-state index contributed by atoms with van der Waals surface area (Å²) in [7, 11) is -4.47. The first-order valence-electron chi connectivity index (χ1n) is 31.2. The summed E-state index contributed by atoms with van der Waals surface area (Å²) in [6.45, 7) is 12.2. The van der Waals surface area contributed by atoms with Crippen molar-refractivity contribution in [2.45, 2.75) is 290 Å². The third kappa shape index (κ3) is 31.2. The summed E-state index contributed by atoms with van der Waals surface area (Å²) >= 11 is 0. The molecule has 2 aliphatic heterocycles. The number of ether oxygens (including phenoxy) is 2. The highest BCUT2D eigenvalue weighted by Gasteiger charge is 2.47. The topological polar surface area (TPSA) is 446 Å². The van der Waals surface area contributed by atoms with Crippen molar-refractivity contribution in [3.05, 3.63) is 85.1 Å². The fourth-order valence-electron chi connectivity index (χ4n) is 10.8. The Morgan fingerprint density at radius 1 is 0.568 bits per heavy atom. The lowest BCUT2D eigenvalue weighted by Gasteiger charge is -2.42. The fraction of sp³-hybridized carbons (Fsp3) is 0.778. The van der Waals surface area contributed by atoms with E-state index in [1.165, 1.54) is 12.2 Å². The Balaban J connectivity index is 1.82. The third-order valence-electron chi connectivity index (χ3n) is 16.6. The Morgan fingerprint density at radius 2 is 1.09 bits per heavy atom. The SMILES string of the molecule is C=CCC/C=C/C=C/C=C/CC/C=C/[C@@H](O)[C@H](O)C1O[C@@H]([C@H](O)[C@H](O)C(=C)CC[C@@H](O)C2C[C@@H](O)[C@@H](O)[C@H]([C@@H](O)[C@H](O)/C=C(\C)CC[C@H](O)C[C@H](O)[C@H](O)[C@@H](C)C[C@H](O)C(O)C(C)CCC(O)CCCC(O)CCCCCOS(=O)(=O)O)O2)C[C@@H](O)[C@H]1O. The molecular formula is C63H110O24S. The van der Waals surface area contributed by atoms with Crippen molar-refractivity contribution in [2.24, 2.45) is 11.8 Å². The second-order valence-corrected chi connectivity index (χ2v) is 25.4. The normalized spacial score (nSPS) is 27.3. The van der Waals surface area contributed by atoms with Crippen molar-refractivity contribution >= 4 is 10.4 Å². The van der Waals surface area contributed by atoms with Gasteiger partial charge in [-0.2, -0.15) is 8.42 Å². The molecule has 24 atom stereocenters.